The van der Waals surface area contributed by atoms with Gasteiger partial charge in [0.2, 0.25) is 5.91 Å². The second-order valence-corrected chi connectivity index (χ2v) is 3.38. The minimum absolute atomic E-state index is 0.177. The lowest BCUT2D eigenvalue weighted by Gasteiger charge is -2.18. The second-order valence-electron chi connectivity index (χ2n) is 3.38. The molecule has 0 spiro atoms. The second kappa shape index (κ2) is 5.34. The van der Waals surface area contributed by atoms with Crippen molar-refractivity contribution in [3.8, 4) is 0 Å². The van der Waals surface area contributed by atoms with Gasteiger partial charge in [0.15, 0.2) is 0 Å². The van der Waals surface area contributed by atoms with Crippen molar-refractivity contribution < 1.29 is 4.79 Å². The Kier molecular flexibility index (Phi) is 4.09. The minimum atomic E-state index is -0.371. The fourth-order valence-electron chi connectivity index (χ4n) is 1.45. The van der Waals surface area contributed by atoms with Gasteiger partial charge in [-0.25, -0.2) is 0 Å². The lowest BCUT2D eigenvalue weighted by Crippen LogP contribution is -2.34. The highest BCUT2D eigenvalue weighted by Crippen LogP contribution is 2.07. The van der Waals surface area contributed by atoms with E-state index in [1.54, 1.807) is 18.5 Å². The third-order valence-corrected chi connectivity index (χ3v) is 2.38. The summed E-state index contributed by atoms with van der Waals surface area (Å²) in [4.78, 5) is 15.3. The van der Waals surface area contributed by atoms with Crippen LogP contribution in [0.3, 0.4) is 0 Å². The third-order valence-electron chi connectivity index (χ3n) is 2.38. The van der Waals surface area contributed by atoms with Crippen molar-refractivity contribution >= 4 is 11.6 Å². The largest absolute Gasteiger partial charge is 0.381 e. The number of nitrogens with two attached hydrogens (primary N) is 1. The molecule has 0 aromatic carbocycles. The maximum atomic E-state index is 11.1. The first-order valence-corrected chi connectivity index (χ1v) is 5.18. The Morgan fingerprint density at radius 2 is 2.40 bits per heavy atom. The number of hydrogen-bond donors (Lipinski definition) is 2. The fraction of sp³-hybridized carbons (Fsp3) is 0.455. The zero-order valence-corrected chi connectivity index (χ0v) is 9.16. The Bertz CT molecular complexity index is 329. The molecule has 1 amide bonds. The van der Waals surface area contributed by atoms with E-state index >= 15 is 0 Å². The fourth-order valence-corrected chi connectivity index (χ4v) is 1.45. The number of carbonyl (C=O) groups is 1. The van der Waals surface area contributed by atoms with Gasteiger partial charge in [0.05, 0.1) is 11.8 Å². The highest BCUT2D eigenvalue weighted by molar-refractivity contribution is 6.06. The molecule has 0 aromatic heterocycles. The molecule has 1 aliphatic heterocycles. The van der Waals surface area contributed by atoms with Gasteiger partial charge in [-0.05, 0) is 18.9 Å². The minimum Gasteiger partial charge on any atom is -0.381 e. The molecular weight excluding hydrogens is 190 g/mol. The lowest BCUT2D eigenvalue weighted by molar-refractivity contribution is -0.114. The summed E-state index contributed by atoms with van der Waals surface area (Å²) < 4.78 is 0. The first kappa shape index (κ1) is 11.5. The standard InChI is InChI=1S/C11H17N3O/c1-3-8(11(12)15)7-10-9(4-2)13-5-6-14-10/h5-7,9,13H,3-4H2,1-2H3,(H2,12,15). The van der Waals surface area contributed by atoms with E-state index < -0.39 is 0 Å². The van der Waals surface area contributed by atoms with Gasteiger partial charge in [-0.1, -0.05) is 13.8 Å². The Hall–Kier alpha value is -1.58. The maximum absolute atomic E-state index is 11.1. The van der Waals surface area contributed by atoms with E-state index in [1.165, 1.54) is 0 Å². The van der Waals surface area contributed by atoms with E-state index in [9.17, 15) is 4.79 Å². The van der Waals surface area contributed by atoms with E-state index in [4.69, 9.17) is 5.73 Å². The van der Waals surface area contributed by atoms with Crippen LogP contribution >= 0.6 is 0 Å². The summed E-state index contributed by atoms with van der Waals surface area (Å²) in [6.07, 6.45) is 6.84. The van der Waals surface area contributed by atoms with Crippen molar-refractivity contribution in [2.24, 2.45) is 10.7 Å². The summed E-state index contributed by atoms with van der Waals surface area (Å²) in [6, 6.07) is 0.177. The van der Waals surface area contributed by atoms with Crippen LogP contribution < -0.4 is 11.1 Å². The molecule has 0 aromatic rings. The number of nitrogens with zero attached hydrogens (tertiary/aromatic N) is 1. The molecule has 0 saturated heterocycles. The molecule has 1 unspecified atom stereocenters. The summed E-state index contributed by atoms with van der Waals surface area (Å²) in [6.45, 7) is 3.97. The molecule has 0 fully saturated rings. The average molecular weight is 207 g/mol. The number of aliphatic imine (C=N–C) groups is 1. The molecule has 1 heterocycles. The van der Waals surface area contributed by atoms with Gasteiger partial charge in [0.1, 0.15) is 0 Å². The predicted octanol–water partition coefficient (Wildman–Crippen LogP) is 1.10. The molecule has 82 valence electrons. The molecule has 1 atom stereocenters. The van der Waals surface area contributed by atoms with E-state index in [2.05, 4.69) is 17.2 Å². The normalized spacial score (nSPS) is 20.8. The molecule has 0 radical (unpaired) electrons. The van der Waals surface area contributed by atoms with Crippen LogP contribution in [0.2, 0.25) is 0 Å². The lowest BCUT2D eigenvalue weighted by atomic mass is 10.0. The molecule has 0 saturated carbocycles. The smallest absolute Gasteiger partial charge is 0.244 e. The van der Waals surface area contributed by atoms with Gasteiger partial charge in [0.25, 0.3) is 0 Å². The van der Waals surface area contributed by atoms with Crippen LogP contribution in [-0.2, 0) is 4.79 Å². The van der Waals surface area contributed by atoms with Crippen molar-refractivity contribution in [2.75, 3.05) is 0 Å². The van der Waals surface area contributed by atoms with Gasteiger partial charge in [-0.2, -0.15) is 0 Å². The van der Waals surface area contributed by atoms with Crippen LogP contribution in [0.15, 0.2) is 29.0 Å². The van der Waals surface area contributed by atoms with Gasteiger partial charge >= 0.3 is 0 Å². The van der Waals surface area contributed by atoms with Crippen LogP contribution in [0.5, 0.6) is 0 Å². The van der Waals surface area contributed by atoms with E-state index in [0.717, 1.165) is 12.1 Å². The van der Waals surface area contributed by atoms with Gasteiger partial charge < -0.3 is 11.1 Å². The van der Waals surface area contributed by atoms with Crippen molar-refractivity contribution in [1.29, 1.82) is 0 Å². The van der Waals surface area contributed by atoms with Crippen LogP contribution in [0, 0.1) is 0 Å². The average Bonchev–Trinajstić information content (AvgIpc) is 2.25. The van der Waals surface area contributed by atoms with Crippen molar-refractivity contribution in [3.63, 3.8) is 0 Å². The molecule has 4 nitrogen and oxygen atoms in total. The number of hydrogen-bond acceptors (Lipinski definition) is 3. The van der Waals surface area contributed by atoms with Gasteiger partial charge in [-0.15, -0.1) is 0 Å². The number of rotatable bonds is 4. The highest BCUT2D eigenvalue weighted by atomic mass is 16.1. The van der Waals surface area contributed by atoms with Gasteiger partial charge in [-0.3, -0.25) is 9.79 Å². The first-order chi connectivity index (χ1) is 7.19. The molecule has 0 bridgehead atoms. The maximum Gasteiger partial charge on any atom is 0.244 e. The first-order valence-electron chi connectivity index (χ1n) is 5.18. The quantitative estimate of drug-likeness (QED) is 0.678. The Balaban J connectivity index is 2.90. The summed E-state index contributed by atoms with van der Waals surface area (Å²) in [5, 5.41) is 3.18. The molecule has 15 heavy (non-hydrogen) atoms. The zero-order chi connectivity index (χ0) is 11.3. The summed E-state index contributed by atoms with van der Waals surface area (Å²) >= 11 is 0. The van der Waals surface area contributed by atoms with E-state index in [1.807, 2.05) is 6.92 Å². The predicted molar refractivity (Wildman–Crippen MR) is 61.4 cm³/mol. The number of carbonyl (C=O) groups excluding carboxylic acids is 1. The Morgan fingerprint density at radius 1 is 1.67 bits per heavy atom. The number of primary amides is 1. The summed E-state index contributed by atoms with van der Waals surface area (Å²) in [5.41, 5.74) is 6.74. The molecule has 1 rings (SSSR count). The van der Waals surface area contributed by atoms with Crippen LogP contribution in [-0.4, -0.2) is 17.7 Å². The summed E-state index contributed by atoms with van der Waals surface area (Å²) in [7, 11) is 0. The third kappa shape index (κ3) is 2.94. The van der Waals surface area contributed by atoms with Crippen LogP contribution in [0.4, 0.5) is 0 Å². The molecule has 1 aliphatic rings. The molecule has 3 N–H and O–H groups in total. The highest BCUT2D eigenvalue weighted by Gasteiger charge is 2.14. The van der Waals surface area contributed by atoms with Crippen LogP contribution in [0.25, 0.3) is 0 Å². The van der Waals surface area contributed by atoms with Gasteiger partial charge in [0, 0.05) is 18.0 Å². The zero-order valence-electron chi connectivity index (χ0n) is 9.16. The topological polar surface area (TPSA) is 67.5 Å². The van der Waals surface area contributed by atoms with Crippen molar-refractivity contribution in [2.45, 2.75) is 32.7 Å². The monoisotopic (exact) mass is 207 g/mol. The molecule has 0 aliphatic carbocycles. The van der Waals surface area contributed by atoms with E-state index in [0.29, 0.717) is 12.0 Å². The number of nitrogens with one attached hydrogen (secondary N) is 1. The van der Waals surface area contributed by atoms with Crippen molar-refractivity contribution in [3.05, 3.63) is 24.0 Å². The summed E-state index contributed by atoms with van der Waals surface area (Å²) in [5.74, 6) is -0.371. The van der Waals surface area contributed by atoms with Crippen molar-refractivity contribution in [1.82, 2.24) is 5.32 Å². The molecular formula is C11H17N3O. The Morgan fingerprint density at radius 3 is 2.93 bits per heavy atom. The Labute approximate surface area is 90.0 Å². The number of amides is 1. The SMILES string of the molecule is CCC(=CC1=NC=CNC1CC)C(N)=O. The molecule has 4 heteroatoms. The van der Waals surface area contributed by atoms with E-state index in [-0.39, 0.29) is 11.9 Å². The van der Waals surface area contributed by atoms with Crippen LogP contribution in [0.1, 0.15) is 26.7 Å².